The normalized spacial score (nSPS) is 19.9. The molecule has 1 fully saturated rings. The predicted molar refractivity (Wildman–Crippen MR) is 129 cm³/mol. The van der Waals surface area contributed by atoms with Crippen LogP contribution in [0.4, 0.5) is 4.39 Å². The van der Waals surface area contributed by atoms with Gasteiger partial charge in [0, 0.05) is 36.7 Å². The molecule has 0 amide bonds. The lowest BCUT2D eigenvalue weighted by Gasteiger charge is -2.25. The molecule has 2 aromatic carbocycles. The van der Waals surface area contributed by atoms with Gasteiger partial charge in [-0.05, 0) is 30.2 Å². The Bertz CT molecular complexity index is 1070. The van der Waals surface area contributed by atoms with Crippen molar-refractivity contribution in [3.8, 4) is 16.9 Å². The van der Waals surface area contributed by atoms with Crippen LogP contribution in [0.2, 0.25) is 0 Å². The van der Waals surface area contributed by atoms with Gasteiger partial charge in [-0.3, -0.25) is 10.1 Å². The molecular formula is C21H28Cl2FN3O5S. The SMILES string of the molecule is CS(=O)(=O)N[C@H]1CN[C@](Cc2ccc(F)c(-c3ccccc3OCCN)c2)(C(=O)O)C1.Cl.Cl. The van der Waals surface area contributed by atoms with Gasteiger partial charge in [-0.15, -0.1) is 24.8 Å². The molecule has 0 spiro atoms. The van der Waals surface area contributed by atoms with Gasteiger partial charge in [0.1, 0.15) is 23.7 Å². The molecule has 0 unspecified atom stereocenters. The first-order valence-corrected chi connectivity index (χ1v) is 11.7. The minimum Gasteiger partial charge on any atom is -0.492 e. The second-order valence-corrected chi connectivity index (χ2v) is 9.46. The molecule has 0 saturated carbocycles. The number of hydrogen-bond donors (Lipinski definition) is 4. The third-order valence-corrected chi connectivity index (χ3v) is 5.92. The molecule has 1 heterocycles. The summed E-state index contributed by atoms with van der Waals surface area (Å²) < 4.78 is 45.8. The summed E-state index contributed by atoms with van der Waals surface area (Å²) in [5.41, 5.74) is 5.55. The van der Waals surface area contributed by atoms with Gasteiger partial charge in [0.2, 0.25) is 10.0 Å². The fraction of sp³-hybridized carbons (Fsp3) is 0.381. The Morgan fingerprint density at radius 2 is 1.97 bits per heavy atom. The molecule has 184 valence electrons. The number of hydrogen-bond acceptors (Lipinski definition) is 6. The van der Waals surface area contributed by atoms with E-state index in [0.29, 0.717) is 23.4 Å². The van der Waals surface area contributed by atoms with E-state index in [1.807, 2.05) is 0 Å². The van der Waals surface area contributed by atoms with Crippen molar-refractivity contribution in [2.45, 2.75) is 24.4 Å². The maximum atomic E-state index is 14.7. The van der Waals surface area contributed by atoms with Crippen LogP contribution in [0.25, 0.3) is 11.1 Å². The van der Waals surface area contributed by atoms with Crippen LogP contribution >= 0.6 is 24.8 Å². The van der Waals surface area contributed by atoms with Crippen molar-refractivity contribution in [1.82, 2.24) is 10.0 Å². The van der Waals surface area contributed by atoms with Crippen molar-refractivity contribution in [2.24, 2.45) is 5.73 Å². The van der Waals surface area contributed by atoms with Gasteiger partial charge < -0.3 is 15.6 Å². The number of nitrogens with one attached hydrogen (secondary N) is 2. The van der Waals surface area contributed by atoms with Crippen molar-refractivity contribution in [2.75, 3.05) is 26.0 Å². The van der Waals surface area contributed by atoms with Crippen LogP contribution < -0.4 is 20.5 Å². The number of sulfonamides is 1. The smallest absolute Gasteiger partial charge is 0.324 e. The number of ether oxygens (including phenoxy) is 1. The highest BCUT2D eigenvalue weighted by molar-refractivity contribution is 7.88. The summed E-state index contributed by atoms with van der Waals surface area (Å²) in [5.74, 6) is -1.08. The summed E-state index contributed by atoms with van der Waals surface area (Å²) in [6.45, 7) is 0.772. The van der Waals surface area contributed by atoms with Gasteiger partial charge in [0.25, 0.3) is 0 Å². The number of carbonyl (C=O) groups is 1. The minimum absolute atomic E-state index is 0. The predicted octanol–water partition coefficient (Wildman–Crippen LogP) is 1.95. The Morgan fingerprint density at radius 1 is 1.27 bits per heavy atom. The lowest BCUT2D eigenvalue weighted by Crippen LogP contribution is -2.49. The number of benzene rings is 2. The lowest BCUT2D eigenvalue weighted by molar-refractivity contribution is -0.144. The summed E-state index contributed by atoms with van der Waals surface area (Å²) in [4.78, 5) is 12.1. The van der Waals surface area contributed by atoms with E-state index in [4.69, 9.17) is 10.5 Å². The highest BCUT2D eigenvalue weighted by atomic mass is 35.5. The monoisotopic (exact) mass is 523 g/mol. The third kappa shape index (κ3) is 7.26. The lowest BCUT2D eigenvalue weighted by atomic mass is 9.87. The second-order valence-electron chi connectivity index (χ2n) is 7.68. The zero-order valence-corrected chi connectivity index (χ0v) is 20.4. The molecule has 1 aliphatic heterocycles. The number of carboxylic acid groups (broad SMARTS) is 1. The molecule has 2 aromatic rings. The highest BCUT2D eigenvalue weighted by Crippen LogP contribution is 2.34. The molecule has 0 bridgehead atoms. The summed E-state index contributed by atoms with van der Waals surface area (Å²) in [6.07, 6.45) is 1.16. The zero-order valence-electron chi connectivity index (χ0n) is 17.9. The van der Waals surface area contributed by atoms with Crippen molar-refractivity contribution < 1.29 is 27.4 Å². The topological polar surface area (TPSA) is 131 Å². The molecule has 2 atom stereocenters. The molecule has 5 N–H and O–H groups in total. The molecule has 33 heavy (non-hydrogen) atoms. The molecule has 1 aliphatic rings. The van der Waals surface area contributed by atoms with Gasteiger partial charge in [0.05, 0.1) is 6.26 Å². The van der Waals surface area contributed by atoms with Crippen LogP contribution in [0.5, 0.6) is 5.75 Å². The van der Waals surface area contributed by atoms with Gasteiger partial charge in [0.15, 0.2) is 0 Å². The van der Waals surface area contributed by atoms with E-state index >= 15 is 0 Å². The first kappa shape index (κ1) is 29.1. The van der Waals surface area contributed by atoms with Crippen LogP contribution in [0, 0.1) is 5.82 Å². The molecule has 8 nitrogen and oxygen atoms in total. The van der Waals surface area contributed by atoms with Crippen molar-refractivity contribution in [1.29, 1.82) is 0 Å². The fourth-order valence-electron chi connectivity index (χ4n) is 3.86. The van der Waals surface area contributed by atoms with Crippen LogP contribution in [-0.4, -0.2) is 57.0 Å². The summed E-state index contributed by atoms with van der Waals surface area (Å²) >= 11 is 0. The average Bonchev–Trinajstić information content (AvgIpc) is 3.10. The fourth-order valence-corrected chi connectivity index (χ4v) is 4.64. The molecule has 0 aromatic heterocycles. The Kier molecular flexibility index (Phi) is 10.5. The first-order chi connectivity index (χ1) is 14.6. The molecule has 0 aliphatic carbocycles. The van der Waals surface area contributed by atoms with E-state index < -0.39 is 33.4 Å². The summed E-state index contributed by atoms with van der Waals surface area (Å²) in [7, 11) is -3.47. The van der Waals surface area contributed by atoms with Crippen LogP contribution in [0.1, 0.15) is 12.0 Å². The summed E-state index contributed by atoms with van der Waals surface area (Å²) in [6, 6.07) is 10.9. The number of rotatable bonds is 9. The van der Waals surface area contributed by atoms with Gasteiger partial charge in [-0.2, -0.15) is 0 Å². The number of aliphatic carboxylic acids is 1. The molecule has 0 radical (unpaired) electrons. The Hall–Kier alpha value is -1.95. The maximum Gasteiger partial charge on any atom is 0.324 e. The first-order valence-electron chi connectivity index (χ1n) is 9.80. The largest absolute Gasteiger partial charge is 0.492 e. The Balaban J connectivity index is 0.00000272. The molecular weight excluding hydrogens is 496 g/mol. The van der Waals surface area contributed by atoms with E-state index in [0.717, 1.165) is 6.26 Å². The number of carboxylic acids is 1. The van der Waals surface area contributed by atoms with Gasteiger partial charge in [-0.1, -0.05) is 24.3 Å². The van der Waals surface area contributed by atoms with Crippen LogP contribution in [0.3, 0.4) is 0 Å². The Labute approximate surface area is 205 Å². The zero-order chi connectivity index (χ0) is 22.6. The third-order valence-electron chi connectivity index (χ3n) is 5.16. The van der Waals surface area contributed by atoms with E-state index in [-0.39, 0.29) is 56.4 Å². The van der Waals surface area contributed by atoms with Gasteiger partial charge in [-0.25, -0.2) is 17.5 Å². The second kappa shape index (κ2) is 12.0. The number of para-hydroxylation sites is 1. The number of halogens is 3. The Morgan fingerprint density at radius 3 is 2.61 bits per heavy atom. The standard InChI is InChI=1S/C21H26FN3O5S.2ClH/c1-31(28,29)25-15-12-21(20(26)27,24-13-15)11-14-6-7-18(22)17(10-14)16-4-2-3-5-19(16)30-9-8-23;;/h2-7,10,15,24-25H,8-9,11-13,23H2,1H3,(H,26,27);2*1H/t15-,21+;;/m1../s1. The van der Waals surface area contributed by atoms with E-state index in [1.54, 1.807) is 30.3 Å². The van der Waals surface area contributed by atoms with E-state index in [2.05, 4.69) is 10.0 Å². The van der Waals surface area contributed by atoms with Crippen LogP contribution in [0.15, 0.2) is 42.5 Å². The summed E-state index contributed by atoms with van der Waals surface area (Å²) in [5, 5.41) is 12.8. The average molecular weight is 524 g/mol. The van der Waals surface area contributed by atoms with E-state index in [1.165, 1.54) is 12.1 Å². The molecule has 3 rings (SSSR count). The molecule has 1 saturated heterocycles. The quantitative estimate of drug-likeness (QED) is 0.395. The van der Waals surface area contributed by atoms with Gasteiger partial charge >= 0.3 is 5.97 Å². The van der Waals surface area contributed by atoms with E-state index in [9.17, 15) is 22.7 Å². The van der Waals surface area contributed by atoms with Crippen molar-refractivity contribution in [3.63, 3.8) is 0 Å². The molecule has 12 heteroatoms. The minimum atomic E-state index is -3.47. The highest BCUT2D eigenvalue weighted by Gasteiger charge is 2.46. The number of nitrogens with two attached hydrogens (primary N) is 1. The van der Waals surface area contributed by atoms with Crippen molar-refractivity contribution >= 4 is 40.8 Å². The van der Waals surface area contributed by atoms with Crippen molar-refractivity contribution in [3.05, 3.63) is 53.8 Å². The maximum absolute atomic E-state index is 14.7. The van der Waals surface area contributed by atoms with Crippen LogP contribution in [-0.2, 0) is 21.2 Å².